The van der Waals surface area contributed by atoms with E-state index in [1.54, 1.807) is 6.92 Å². The fourth-order valence-electron chi connectivity index (χ4n) is 3.85. The van der Waals surface area contributed by atoms with Gasteiger partial charge in [0.25, 0.3) is 0 Å². The Morgan fingerprint density at radius 2 is 1.00 bits per heavy atom. The zero-order chi connectivity index (χ0) is 22.5. The molecule has 0 aliphatic heterocycles. The Bertz CT molecular complexity index is 496. The van der Waals surface area contributed by atoms with E-state index in [1.807, 2.05) is 0 Å². The fraction of sp³-hybridized carbons (Fsp3) is 0.958. The average molecular weight is 471 g/mol. The molecular weight excluding hydrogens is 423 g/mol. The maximum Gasteiger partial charge on any atom is 1.00 e. The summed E-state index contributed by atoms with van der Waals surface area (Å²) in [6.45, 7) is 3.95. The quantitative estimate of drug-likeness (QED) is 0.104. The molecule has 0 radical (unpaired) electrons. The maximum absolute atomic E-state index is 11.6. The van der Waals surface area contributed by atoms with Crippen LogP contribution in [0.4, 0.5) is 0 Å². The van der Waals surface area contributed by atoms with Gasteiger partial charge in [-0.3, -0.25) is 4.79 Å². The standard InChI is InChI=1S/C24H48O5S.Na/c1-3-5-6-7-8-9-10-11-12-13-14-15-16-17-18-19-20-21-22-23(30(26,27)28)24(25)29-4-2;/h23H,3-22H2,1-2H3,(H,26,27,28);/q;+1/p-1. The molecule has 0 aromatic heterocycles. The monoisotopic (exact) mass is 470 g/mol. The van der Waals surface area contributed by atoms with Crippen LogP contribution in [-0.4, -0.2) is 30.8 Å². The predicted octanol–water partition coefficient (Wildman–Crippen LogP) is 3.90. The Labute approximate surface area is 214 Å². The van der Waals surface area contributed by atoms with Gasteiger partial charge in [0.05, 0.1) is 6.61 Å². The van der Waals surface area contributed by atoms with Crippen molar-refractivity contribution in [2.24, 2.45) is 0 Å². The number of carbonyl (C=O) groups excluding carboxylic acids is 1. The molecule has 0 saturated carbocycles. The van der Waals surface area contributed by atoms with Crippen LogP contribution in [0.25, 0.3) is 0 Å². The van der Waals surface area contributed by atoms with Crippen molar-refractivity contribution in [3.05, 3.63) is 0 Å². The van der Waals surface area contributed by atoms with E-state index in [0.29, 0.717) is 6.42 Å². The minimum Gasteiger partial charge on any atom is -0.747 e. The van der Waals surface area contributed by atoms with Gasteiger partial charge in [0.15, 0.2) is 0 Å². The second-order valence-electron chi connectivity index (χ2n) is 8.53. The molecule has 1 unspecified atom stereocenters. The summed E-state index contributed by atoms with van der Waals surface area (Å²) < 4.78 is 38.3. The molecule has 180 valence electrons. The van der Waals surface area contributed by atoms with E-state index in [9.17, 15) is 17.8 Å². The SMILES string of the molecule is CCCCCCCCCCCCCCCCCCCCC(C(=O)OCC)S(=O)(=O)[O-].[Na+]. The van der Waals surface area contributed by atoms with Crippen molar-refractivity contribution in [3.63, 3.8) is 0 Å². The minimum absolute atomic E-state index is 0. The zero-order valence-electron chi connectivity index (χ0n) is 20.7. The van der Waals surface area contributed by atoms with Gasteiger partial charge in [0, 0.05) is 0 Å². The Hall–Kier alpha value is 0.380. The smallest absolute Gasteiger partial charge is 0.747 e. The van der Waals surface area contributed by atoms with E-state index in [-0.39, 0.29) is 42.6 Å². The Morgan fingerprint density at radius 1 is 0.677 bits per heavy atom. The molecule has 0 spiro atoms. The summed E-state index contributed by atoms with van der Waals surface area (Å²) in [5.41, 5.74) is 0. The number of esters is 1. The third-order valence-corrected chi connectivity index (χ3v) is 6.84. The first-order valence-corrected chi connectivity index (χ1v) is 14.0. The molecule has 0 aromatic carbocycles. The Morgan fingerprint density at radius 3 is 1.29 bits per heavy atom. The van der Waals surface area contributed by atoms with Gasteiger partial charge in [-0.1, -0.05) is 122 Å². The summed E-state index contributed by atoms with van der Waals surface area (Å²) >= 11 is 0. The van der Waals surface area contributed by atoms with E-state index in [4.69, 9.17) is 4.74 Å². The molecule has 0 heterocycles. The summed E-state index contributed by atoms with van der Waals surface area (Å²) in [6, 6.07) is 0. The van der Waals surface area contributed by atoms with Crippen LogP contribution in [-0.2, 0) is 19.6 Å². The number of ether oxygens (including phenoxy) is 1. The number of hydrogen-bond donors (Lipinski definition) is 0. The minimum atomic E-state index is -4.63. The second-order valence-corrected chi connectivity index (χ2v) is 10.1. The second kappa shape index (κ2) is 23.5. The van der Waals surface area contributed by atoms with E-state index in [0.717, 1.165) is 19.3 Å². The predicted molar refractivity (Wildman–Crippen MR) is 124 cm³/mol. The summed E-state index contributed by atoms with van der Waals surface area (Å²) in [7, 11) is -4.63. The first kappa shape index (κ1) is 33.6. The van der Waals surface area contributed by atoms with Crippen LogP contribution in [0.5, 0.6) is 0 Å². The molecule has 1 atom stereocenters. The Kier molecular flexibility index (Phi) is 25.5. The normalized spacial score (nSPS) is 12.4. The third kappa shape index (κ3) is 22.0. The summed E-state index contributed by atoms with van der Waals surface area (Å²) in [5.74, 6) is -0.903. The summed E-state index contributed by atoms with van der Waals surface area (Å²) in [4.78, 5) is 11.6. The number of carbonyl (C=O) groups is 1. The van der Waals surface area contributed by atoms with E-state index in [2.05, 4.69) is 6.92 Å². The molecule has 0 fully saturated rings. The van der Waals surface area contributed by atoms with Crippen molar-refractivity contribution in [1.82, 2.24) is 0 Å². The van der Waals surface area contributed by atoms with E-state index in [1.165, 1.54) is 89.9 Å². The van der Waals surface area contributed by atoms with Crippen LogP contribution >= 0.6 is 0 Å². The third-order valence-electron chi connectivity index (χ3n) is 5.72. The molecule has 0 rings (SSSR count). The van der Waals surface area contributed by atoms with Crippen molar-refractivity contribution in [3.8, 4) is 0 Å². The van der Waals surface area contributed by atoms with Crippen molar-refractivity contribution >= 4 is 16.1 Å². The molecule has 0 aliphatic carbocycles. The molecular formula is C24H47NaO5S. The number of hydrogen-bond acceptors (Lipinski definition) is 5. The van der Waals surface area contributed by atoms with Crippen molar-refractivity contribution in [2.75, 3.05) is 6.61 Å². The van der Waals surface area contributed by atoms with Gasteiger partial charge >= 0.3 is 35.5 Å². The topological polar surface area (TPSA) is 83.5 Å². The first-order chi connectivity index (χ1) is 14.4. The average Bonchev–Trinajstić information content (AvgIpc) is 2.69. The van der Waals surface area contributed by atoms with Gasteiger partial charge < -0.3 is 9.29 Å². The van der Waals surface area contributed by atoms with Gasteiger partial charge in [-0.25, -0.2) is 8.42 Å². The molecule has 7 heteroatoms. The van der Waals surface area contributed by atoms with Crippen molar-refractivity contribution < 1.29 is 52.1 Å². The zero-order valence-corrected chi connectivity index (χ0v) is 23.5. The van der Waals surface area contributed by atoms with Crippen molar-refractivity contribution in [2.45, 2.75) is 141 Å². The van der Waals surface area contributed by atoms with E-state index < -0.39 is 21.3 Å². The molecule has 0 aromatic rings. The van der Waals surface area contributed by atoms with Gasteiger partial charge in [-0.2, -0.15) is 0 Å². The van der Waals surface area contributed by atoms with Crippen LogP contribution in [0.3, 0.4) is 0 Å². The largest absolute Gasteiger partial charge is 1.00 e. The first-order valence-electron chi connectivity index (χ1n) is 12.5. The Balaban J connectivity index is 0. The molecule has 0 aliphatic rings. The molecule has 0 saturated heterocycles. The molecule has 5 nitrogen and oxygen atoms in total. The van der Waals surface area contributed by atoms with E-state index >= 15 is 0 Å². The summed E-state index contributed by atoms with van der Waals surface area (Å²) in [6.07, 6.45) is 22.6. The summed E-state index contributed by atoms with van der Waals surface area (Å²) in [5, 5.41) is -1.54. The van der Waals surface area contributed by atoms with Crippen LogP contribution in [0.2, 0.25) is 0 Å². The molecule has 0 N–H and O–H groups in total. The van der Waals surface area contributed by atoms with Gasteiger partial charge in [0.2, 0.25) is 0 Å². The number of rotatable bonds is 22. The molecule has 31 heavy (non-hydrogen) atoms. The van der Waals surface area contributed by atoms with Crippen molar-refractivity contribution in [1.29, 1.82) is 0 Å². The maximum atomic E-state index is 11.6. The van der Waals surface area contributed by atoms with Gasteiger partial charge in [-0.05, 0) is 13.3 Å². The molecule has 0 bridgehead atoms. The van der Waals surface area contributed by atoms with Crippen LogP contribution in [0.1, 0.15) is 136 Å². The van der Waals surface area contributed by atoms with Crippen LogP contribution in [0.15, 0.2) is 0 Å². The van der Waals surface area contributed by atoms with Crippen LogP contribution in [0, 0.1) is 0 Å². The van der Waals surface area contributed by atoms with Gasteiger partial charge in [-0.15, -0.1) is 0 Å². The number of unbranched alkanes of at least 4 members (excludes halogenated alkanes) is 17. The molecule has 0 amide bonds. The fourth-order valence-corrected chi connectivity index (χ4v) is 4.61. The van der Waals surface area contributed by atoms with Crippen LogP contribution < -0.4 is 29.6 Å². The van der Waals surface area contributed by atoms with Gasteiger partial charge in [0.1, 0.15) is 15.4 Å².